The summed E-state index contributed by atoms with van der Waals surface area (Å²) in [6, 6.07) is 13.4. The van der Waals surface area contributed by atoms with Crippen molar-refractivity contribution in [2.24, 2.45) is 0 Å². The third kappa shape index (κ3) is 5.22. The van der Waals surface area contributed by atoms with Crippen molar-refractivity contribution in [3.05, 3.63) is 65.5 Å². The van der Waals surface area contributed by atoms with Crippen LogP contribution >= 0.6 is 0 Å². The number of nitrogens with one attached hydrogen (secondary N) is 2. The van der Waals surface area contributed by atoms with E-state index in [1.807, 2.05) is 12.1 Å². The van der Waals surface area contributed by atoms with Crippen molar-refractivity contribution in [3.8, 4) is 0 Å². The second-order valence-corrected chi connectivity index (χ2v) is 6.96. The lowest BCUT2D eigenvalue weighted by molar-refractivity contribution is -0.130. The first-order chi connectivity index (χ1) is 13.5. The number of urea groups is 1. The van der Waals surface area contributed by atoms with Crippen molar-refractivity contribution < 1.29 is 14.0 Å². The molecule has 3 rings (SSSR count). The fourth-order valence-electron chi connectivity index (χ4n) is 3.43. The van der Waals surface area contributed by atoms with Gasteiger partial charge in [-0.2, -0.15) is 0 Å². The molecule has 0 aromatic heterocycles. The summed E-state index contributed by atoms with van der Waals surface area (Å²) in [5.41, 5.74) is 7.82. The van der Waals surface area contributed by atoms with Crippen molar-refractivity contribution in [1.82, 2.24) is 15.5 Å². The molecule has 4 N–H and O–H groups in total. The molecule has 0 radical (unpaired) electrons. The first kappa shape index (κ1) is 19.7. The number of halogens is 1. The molecule has 1 unspecified atom stereocenters. The number of rotatable bonds is 6. The minimum Gasteiger partial charge on any atom is -0.399 e. The third-order valence-electron chi connectivity index (χ3n) is 4.94. The molecule has 0 bridgehead atoms. The van der Waals surface area contributed by atoms with Crippen molar-refractivity contribution in [1.29, 1.82) is 0 Å². The van der Waals surface area contributed by atoms with E-state index in [1.165, 1.54) is 6.07 Å². The van der Waals surface area contributed by atoms with E-state index >= 15 is 0 Å². The van der Waals surface area contributed by atoms with E-state index in [1.54, 1.807) is 35.2 Å². The lowest BCUT2D eigenvalue weighted by Crippen LogP contribution is -2.45. The Bertz CT molecular complexity index is 825. The molecule has 1 aliphatic heterocycles. The van der Waals surface area contributed by atoms with Gasteiger partial charge in [-0.25, -0.2) is 9.18 Å². The standard InChI is InChI=1S/C21H25FN4O2/c22-19-6-2-1-4-16(19)12-18-5-3-11-26(18)20(27)14-25-21(28)24-13-15-7-9-17(23)10-8-15/h1-2,4,6-10,18H,3,5,11-14,23H2,(H2,24,25,28). The molecule has 1 atom stereocenters. The number of nitrogen functional groups attached to an aromatic ring is 1. The van der Waals surface area contributed by atoms with E-state index < -0.39 is 6.03 Å². The molecule has 0 aliphatic carbocycles. The first-order valence-corrected chi connectivity index (χ1v) is 9.42. The fraction of sp³-hybridized carbons (Fsp3) is 0.333. The van der Waals surface area contributed by atoms with Crippen LogP contribution in [-0.2, 0) is 17.8 Å². The number of carbonyl (C=O) groups excluding carboxylic acids is 2. The fourth-order valence-corrected chi connectivity index (χ4v) is 3.43. The van der Waals surface area contributed by atoms with Crippen LogP contribution in [0.15, 0.2) is 48.5 Å². The molecule has 0 saturated carbocycles. The maximum atomic E-state index is 13.9. The molecule has 1 heterocycles. The summed E-state index contributed by atoms with van der Waals surface area (Å²) in [5.74, 6) is -0.400. The number of hydrogen-bond donors (Lipinski definition) is 3. The number of nitrogens with zero attached hydrogens (tertiary/aromatic N) is 1. The van der Waals surface area contributed by atoms with Crippen LogP contribution < -0.4 is 16.4 Å². The molecular formula is C21H25FN4O2. The van der Waals surface area contributed by atoms with E-state index in [-0.39, 0.29) is 24.3 Å². The van der Waals surface area contributed by atoms with Gasteiger partial charge in [0.2, 0.25) is 5.91 Å². The summed E-state index contributed by atoms with van der Waals surface area (Å²) in [4.78, 5) is 26.2. The highest BCUT2D eigenvalue weighted by atomic mass is 19.1. The Morgan fingerprint density at radius 2 is 1.86 bits per heavy atom. The Kier molecular flexibility index (Phi) is 6.47. The highest BCUT2D eigenvalue weighted by molar-refractivity contribution is 5.84. The number of likely N-dealkylation sites (tertiary alicyclic amines) is 1. The van der Waals surface area contributed by atoms with Crippen LogP contribution in [-0.4, -0.2) is 36.0 Å². The Balaban J connectivity index is 1.46. The van der Waals surface area contributed by atoms with Crippen LogP contribution in [0.25, 0.3) is 0 Å². The van der Waals surface area contributed by atoms with Gasteiger partial charge < -0.3 is 21.3 Å². The van der Waals surface area contributed by atoms with Gasteiger partial charge in [-0.05, 0) is 48.6 Å². The number of benzene rings is 2. The average molecular weight is 384 g/mol. The van der Waals surface area contributed by atoms with Crippen molar-refractivity contribution in [2.75, 3.05) is 18.8 Å². The summed E-state index contributed by atoms with van der Waals surface area (Å²) in [5, 5.41) is 5.31. The zero-order valence-electron chi connectivity index (χ0n) is 15.7. The van der Waals surface area contributed by atoms with Gasteiger partial charge in [-0.15, -0.1) is 0 Å². The van der Waals surface area contributed by atoms with Gasteiger partial charge in [-0.1, -0.05) is 30.3 Å². The quantitative estimate of drug-likeness (QED) is 0.669. The van der Waals surface area contributed by atoms with Crippen molar-refractivity contribution in [2.45, 2.75) is 31.8 Å². The third-order valence-corrected chi connectivity index (χ3v) is 4.94. The minimum atomic E-state index is -0.407. The van der Waals surface area contributed by atoms with Gasteiger partial charge in [0, 0.05) is 24.8 Å². The van der Waals surface area contributed by atoms with Crippen LogP contribution in [0.5, 0.6) is 0 Å². The molecule has 1 aliphatic rings. The molecule has 3 amide bonds. The Hall–Kier alpha value is -3.09. The Labute approximate surface area is 163 Å². The predicted octanol–water partition coefficient (Wildman–Crippen LogP) is 2.44. The van der Waals surface area contributed by atoms with Crippen LogP contribution in [0.2, 0.25) is 0 Å². The van der Waals surface area contributed by atoms with E-state index in [0.29, 0.717) is 30.8 Å². The summed E-state index contributed by atoms with van der Waals surface area (Å²) >= 11 is 0. The number of nitrogens with two attached hydrogens (primary N) is 1. The number of carbonyl (C=O) groups is 2. The van der Waals surface area contributed by atoms with E-state index in [2.05, 4.69) is 10.6 Å². The monoisotopic (exact) mass is 384 g/mol. The smallest absolute Gasteiger partial charge is 0.315 e. The molecule has 2 aromatic carbocycles. The second-order valence-electron chi connectivity index (χ2n) is 6.96. The van der Waals surface area contributed by atoms with Crippen LogP contribution in [0.3, 0.4) is 0 Å². The SMILES string of the molecule is Nc1ccc(CNC(=O)NCC(=O)N2CCCC2Cc2ccccc2F)cc1. The topological polar surface area (TPSA) is 87.5 Å². The predicted molar refractivity (Wildman–Crippen MR) is 106 cm³/mol. The molecule has 6 nitrogen and oxygen atoms in total. The van der Waals surface area contributed by atoms with Crippen LogP contribution in [0, 0.1) is 5.82 Å². The maximum absolute atomic E-state index is 13.9. The number of hydrogen-bond acceptors (Lipinski definition) is 3. The summed E-state index contributed by atoms with van der Waals surface area (Å²) in [6.45, 7) is 0.897. The number of anilines is 1. The van der Waals surface area contributed by atoms with E-state index in [9.17, 15) is 14.0 Å². The van der Waals surface area contributed by atoms with E-state index in [4.69, 9.17) is 5.73 Å². The van der Waals surface area contributed by atoms with Gasteiger partial charge in [0.1, 0.15) is 5.82 Å². The van der Waals surface area contributed by atoms with Gasteiger partial charge in [0.15, 0.2) is 0 Å². The van der Waals surface area contributed by atoms with E-state index in [0.717, 1.165) is 18.4 Å². The van der Waals surface area contributed by atoms with Gasteiger partial charge in [0.05, 0.1) is 6.54 Å². The highest BCUT2D eigenvalue weighted by Gasteiger charge is 2.29. The van der Waals surface area contributed by atoms with Crippen molar-refractivity contribution in [3.63, 3.8) is 0 Å². The molecular weight excluding hydrogens is 359 g/mol. The largest absolute Gasteiger partial charge is 0.399 e. The number of amides is 3. The molecule has 148 valence electrons. The van der Waals surface area contributed by atoms with Crippen LogP contribution in [0.1, 0.15) is 24.0 Å². The Morgan fingerprint density at radius 1 is 1.11 bits per heavy atom. The zero-order valence-corrected chi connectivity index (χ0v) is 15.7. The normalized spacial score (nSPS) is 16.0. The molecule has 2 aromatic rings. The lowest BCUT2D eigenvalue weighted by atomic mass is 10.0. The average Bonchev–Trinajstić information content (AvgIpc) is 3.16. The molecule has 0 spiro atoms. The van der Waals surface area contributed by atoms with Crippen LogP contribution in [0.4, 0.5) is 14.9 Å². The summed E-state index contributed by atoms with van der Waals surface area (Å²) < 4.78 is 13.9. The van der Waals surface area contributed by atoms with Gasteiger partial charge in [0.25, 0.3) is 0 Å². The molecule has 1 fully saturated rings. The summed E-state index contributed by atoms with van der Waals surface area (Å²) in [6.07, 6.45) is 2.21. The maximum Gasteiger partial charge on any atom is 0.315 e. The van der Waals surface area contributed by atoms with Gasteiger partial charge >= 0.3 is 6.03 Å². The second kappa shape index (κ2) is 9.21. The zero-order chi connectivity index (χ0) is 19.9. The molecule has 28 heavy (non-hydrogen) atoms. The summed E-state index contributed by atoms with van der Waals surface area (Å²) in [7, 11) is 0. The molecule has 7 heteroatoms. The first-order valence-electron chi connectivity index (χ1n) is 9.42. The minimum absolute atomic E-state index is 0.0379. The van der Waals surface area contributed by atoms with Crippen molar-refractivity contribution >= 4 is 17.6 Å². The highest BCUT2D eigenvalue weighted by Crippen LogP contribution is 2.22. The van der Waals surface area contributed by atoms with Gasteiger partial charge in [-0.3, -0.25) is 4.79 Å². The lowest BCUT2D eigenvalue weighted by Gasteiger charge is -2.25. The molecule has 1 saturated heterocycles. The Morgan fingerprint density at radius 3 is 2.61 bits per heavy atom.